The maximum Gasteiger partial charge on any atom is 0.573 e. The summed E-state index contributed by atoms with van der Waals surface area (Å²) in [5.41, 5.74) is -0.769. The van der Waals surface area contributed by atoms with Crippen LogP contribution >= 0.6 is 50.5 Å². The number of anilines is 2. The van der Waals surface area contributed by atoms with Crippen LogP contribution in [-0.2, 0) is 4.74 Å². The Labute approximate surface area is 191 Å². The Morgan fingerprint density at radius 1 is 1.07 bits per heavy atom. The highest BCUT2D eigenvalue weighted by Gasteiger charge is 2.32. The monoisotopic (exact) mass is 548 g/mol. The lowest BCUT2D eigenvalue weighted by Crippen LogP contribution is -2.25. The number of urea groups is 1. The molecule has 0 fully saturated rings. The van der Waals surface area contributed by atoms with Crippen LogP contribution in [0.15, 0.2) is 22.0 Å². The summed E-state index contributed by atoms with van der Waals surface area (Å²) in [6, 6.07) is 2.36. The van der Waals surface area contributed by atoms with Crippen molar-refractivity contribution in [2.24, 2.45) is 0 Å². The minimum Gasteiger partial charge on any atom is -0.456 e. The second kappa shape index (κ2) is 9.21. The van der Waals surface area contributed by atoms with Crippen LogP contribution in [0.3, 0.4) is 0 Å². The number of hydrogen-bond donors (Lipinski definition) is 2. The Bertz CT molecular complexity index is 954. The quantitative estimate of drug-likeness (QED) is 0.392. The molecule has 2 rings (SSSR count). The Balaban J connectivity index is 2.18. The molecule has 0 aliphatic carbocycles. The Morgan fingerprint density at radius 3 is 2.13 bits per heavy atom. The summed E-state index contributed by atoms with van der Waals surface area (Å²) >= 11 is 16.1. The van der Waals surface area contributed by atoms with Crippen LogP contribution in [0.1, 0.15) is 31.1 Å². The number of hydrogen-bond acceptors (Lipinski definition) is 5. The molecule has 0 aliphatic rings. The van der Waals surface area contributed by atoms with Gasteiger partial charge in [0.05, 0.1) is 25.1 Å². The minimum absolute atomic E-state index is 0.114. The average molecular weight is 550 g/mol. The highest BCUT2D eigenvalue weighted by Crippen LogP contribution is 2.37. The predicted octanol–water partition coefficient (Wildman–Crippen LogP) is 7.32. The van der Waals surface area contributed by atoms with Gasteiger partial charge in [-0.15, -0.1) is 24.5 Å². The van der Waals surface area contributed by atoms with Crippen LogP contribution in [-0.4, -0.2) is 24.0 Å². The topological polar surface area (TPSA) is 76.7 Å². The lowest BCUT2D eigenvalue weighted by molar-refractivity contribution is -0.274. The van der Waals surface area contributed by atoms with Gasteiger partial charge in [-0.1, -0.05) is 23.2 Å². The van der Waals surface area contributed by atoms with E-state index in [0.29, 0.717) is 3.79 Å². The molecule has 6 nitrogen and oxygen atoms in total. The SMILES string of the molecule is CC(C)(C)OC(=O)c1cc(Br)sc1NC(=O)Nc1c(Cl)cc(OC(F)(F)F)cc1Cl. The third-order valence-corrected chi connectivity index (χ3v) is 5.19. The smallest absolute Gasteiger partial charge is 0.456 e. The Kier molecular flexibility index (Phi) is 7.54. The van der Waals surface area contributed by atoms with E-state index in [4.69, 9.17) is 27.9 Å². The lowest BCUT2D eigenvalue weighted by Gasteiger charge is -2.19. The van der Waals surface area contributed by atoms with Crippen LogP contribution in [0, 0.1) is 0 Å². The van der Waals surface area contributed by atoms with Gasteiger partial charge in [-0.25, -0.2) is 9.59 Å². The predicted molar refractivity (Wildman–Crippen MR) is 113 cm³/mol. The molecule has 0 atom stereocenters. The average Bonchev–Trinajstić information content (AvgIpc) is 2.88. The molecule has 0 spiro atoms. The molecule has 0 bridgehead atoms. The van der Waals surface area contributed by atoms with Crippen LogP contribution in [0.5, 0.6) is 5.75 Å². The van der Waals surface area contributed by atoms with E-state index in [1.807, 2.05) is 0 Å². The van der Waals surface area contributed by atoms with Gasteiger partial charge in [0, 0.05) is 12.1 Å². The van der Waals surface area contributed by atoms with Crippen molar-refractivity contribution in [3.8, 4) is 5.75 Å². The van der Waals surface area contributed by atoms with Crippen LogP contribution in [0.4, 0.5) is 28.7 Å². The summed E-state index contributed by atoms with van der Waals surface area (Å²) in [7, 11) is 0. The second-order valence-electron chi connectivity index (χ2n) is 6.68. The number of esters is 1. The fraction of sp³-hybridized carbons (Fsp3) is 0.294. The number of carbonyl (C=O) groups excluding carboxylic acids is 2. The number of halogens is 6. The summed E-state index contributed by atoms with van der Waals surface area (Å²) in [6.07, 6.45) is -4.93. The van der Waals surface area contributed by atoms with E-state index in [1.54, 1.807) is 20.8 Å². The van der Waals surface area contributed by atoms with Crippen LogP contribution < -0.4 is 15.4 Å². The number of carbonyl (C=O) groups is 2. The molecule has 30 heavy (non-hydrogen) atoms. The van der Waals surface area contributed by atoms with Gasteiger partial charge in [0.15, 0.2) is 0 Å². The molecule has 1 aromatic heterocycles. The fourth-order valence-electron chi connectivity index (χ4n) is 2.05. The zero-order chi connectivity index (χ0) is 22.9. The molecule has 0 aliphatic heterocycles. The van der Waals surface area contributed by atoms with Gasteiger partial charge in [-0.2, -0.15) is 0 Å². The molecular weight excluding hydrogens is 536 g/mol. The molecule has 2 aromatic rings. The van der Waals surface area contributed by atoms with E-state index >= 15 is 0 Å². The van der Waals surface area contributed by atoms with Crippen molar-refractivity contribution in [3.05, 3.63) is 37.6 Å². The molecule has 1 heterocycles. The van der Waals surface area contributed by atoms with Gasteiger partial charge < -0.3 is 14.8 Å². The molecule has 0 saturated carbocycles. The van der Waals surface area contributed by atoms with Gasteiger partial charge in [-0.3, -0.25) is 5.32 Å². The number of amides is 2. The summed E-state index contributed by atoms with van der Waals surface area (Å²) in [4.78, 5) is 24.7. The first-order chi connectivity index (χ1) is 13.6. The molecule has 0 unspecified atom stereocenters. The highest BCUT2D eigenvalue weighted by molar-refractivity contribution is 9.11. The molecule has 0 radical (unpaired) electrons. The largest absolute Gasteiger partial charge is 0.573 e. The lowest BCUT2D eigenvalue weighted by atomic mass is 10.2. The van der Waals surface area contributed by atoms with Crippen molar-refractivity contribution in [2.75, 3.05) is 10.6 Å². The number of alkyl halides is 3. The maximum absolute atomic E-state index is 12.4. The molecule has 1 aromatic carbocycles. The maximum atomic E-state index is 12.4. The molecule has 2 amide bonds. The van der Waals surface area contributed by atoms with Crippen molar-refractivity contribution < 1.29 is 32.2 Å². The number of ether oxygens (including phenoxy) is 2. The van der Waals surface area contributed by atoms with Gasteiger partial charge in [0.25, 0.3) is 0 Å². The van der Waals surface area contributed by atoms with Crippen LogP contribution in [0.2, 0.25) is 10.0 Å². The zero-order valence-corrected chi connectivity index (χ0v) is 19.5. The van der Waals surface area contributed by atoms with Crippen LogP contribution in [0.25, 0.3) is 0 Å². The van der Waals surface area contributed by atoms with Gasteiger partial charge in [0.1, 0.15) is 16.4 Å². The van der Waals surface area contributed by atoms with Gasteiger partial charge in [-0.05, 0) is 42.8 Å². The van der Waals surface area contributed by atoms with Gasteiger partial charge in [0.2, 0.25) is 0 Å². The number of nitrogens with one attached hydrogen (secondary N) is 2. The summed E-state index contributed by atoms with van der Waals surface area (Å²) in [5.74, 6) is -1.29. The van der Waals surface area contributed by atoms with Crippen molar-refractivity contribution in [3.63, 3.8) is 0 Å². The Hall–Kier alpha value is -1.69. The van der Waals surface area contributed by atoms with E-state index in [1.165, 1.54) is 6.07 Å². The van der Waals surface area contributed by atoms with Crippen molar-refractivity contribution in [1.82, 2.24) is 0 Å². The first-order valence-corrected chi connectivity index (χ1v) is 10.4. The number of benzene rings is 1. The molecule has 2 N–H and O–H groups in total. The minimum atomic E-state index is -4.93. The van der Waals surface area contributed by atoms with Crippen molar-refractivity contribution >= 4 is 73.2 Å². The first kappa shape index (κ1) is 24.6. The van der Waals surface area contributed by atoms with E-state index < -0.39 is 29.7 Å². The van der Waals surface area contributed by atoms with E-state index in [-0.39, 0.29) is 26.3 Å². The second-order valence-corrected chi connectivity index (χ2v) is 9.93. The fourth-order valence-corrected chi connectivity index (χ4v) is 4.09. The third-order valence-electron chi connectivity index (χ3n) is 3.04. The molecular formula is C17H14BrCl2F3N2O4S. The number of thiophene rings is 1. The molecule has 164 valence electrons. The zero-order valence-electron chi connectivity index (χ0n) is 15.5. The Morgan fingerprint density at radius 2 is 1.63 bits per heavy atom. The normalized spacial score (nSPS) is 11.8. The van der Waals surface area contributed by atoms with Crippen molar-refractivity contribution in [1.29, 1.82) is 0 Å². The standard InChI is InChI=1S/C17H14BrCl2F3N2O4S/c1-16(2,3)29-14(26)8-6-11(18)30-13(8)25-15(27)24-12-9(19)4-7(5-10(12)20)28-17(21,22)23/h4-6H,1-3H3,(H2,24,25,27). The van der Waals surface area contributed by atoms with Crippen molar-refractivity contribution in [2.45, 2.75) is 32.7 Å². The molecule has 13 heteroatoms. The van der Waals surface area contributed by atoms with E-state index in [2.05, 4.69) is 31.3 Å². The van der Waals surface area contributed by atoms with E-state index in [0.717, 1.165) is 23.5 Å². The molecule has 0 saturated heterocycles. The summed E-state index contributed by atoms with van der Waals surface area (Å²) in [5, 5.41) is 4.41. The first-order valence-electron chi connectivity index (χ1n) is 8.00. The van der Waals surface area contributed by atoms with E-state index in [9.17, 15) is 22.8 Å². The summed E-state index contributed by atoms with van der Waals surface area (Å²) in [6.45, 7) is 5.09. The number of rotatable bonds is 4. The highest BCUT2D eigenvalue weighted by atomic mass is 79.9. The summed E-state index contributed by atoms with van der Waals surface area (Å²) < 4.78 is 46.6. The van der Waals surface area contributed by atoms with Gasteiger partial charge >= 0.3 is 18.4 Å². The third kappa shape index (κ3) is 7.22.